The summed E-state index contributed by atoms with van der Waals surface area (Å²) in [5.41, 5.74) is 0.897. The van der Waals surface area contributed by atoms with E-state index in [-0.39, 0.29) is 0 Å². The van der Waals surface area contributed by atoms with E-state index in [1.54, 1.807) is 11.2 Å². The Morgan fingerprint density at radius 1 is 1.47 bits per heavy atom. The molecular weight excluding hydrogens is 230 g/mol. The van der Waals surface area contributed by atoms with Gasteiger partial charge < -0.3 is 5.32 Å². The van der Waals surface area contributed by atoms with Gasteiger partial charge in [-0.15, -0.1) is 0 Å². The van der Waals surface area contributed by atoms with Crippen LogP contribution in [0.3, 0.4) is 0 Å². The van der Waals surface area contributed by atoms with Crippen LogP contribution in [0.1, 0.15) is 5.56 Å². The van der Waals surface area contributed by atoms with Crippen LogP contribution < -0.4 is 5.32 Å². The van der Waals surface area contributed by atoms with Crippen molar-refractivity contribution in [1.29, 1.82) is 0 Å². The predicted molar refractivity (Wildman–Crippen MR) is 66.4 cm³/mol. The molecule has 1 aromatic rings. The molecule has 1 N–H and O–H groups in total. The fraction of sp³-hybridized carbons (Fsp3) is 0.200. The molecule has 78 valence electrons. The highest BCUT2D eigenvalue weighted by Gasteiger charge is 2.13. The third-order valence-corrected chi connectivity index (χ3v) is 2.77. The summed E-state index contributed by atoms with van der Waals surface area (Å²) in [5, 5.41) is 10.4. The SMILES string of the molecule is S=C1NCCN1/N=C/c1ccccc1Cl. The maximum Gasteiger partial charge on any atom is 0.189 e. The van der Waals surface area contributed by atoms with E-state index in [9.17, 15) is 0 Å². The van der Waals surface area contributed by atoms with E-state index < -0.39 is 0 Å². The van der Waals surface area contributed by atoms with E-state index in [4.69, 9.17) is 23.8 Å². The molecule has 1 aromatic carbocycles. The number of nitrogens with zero attached hydrogens (tertiary/aromatic N) is 2. The lowest BCUT2D eigenvalue weighted by atomic mass is 10.2. The van der Waals surface area contributed by atoms with Gasteiger partial charge in [-0.1, -0.05) is 29.8 Å². The van der Waals surface area contributed by atoms with Crippen LogP contribution in [-0.4, -0.2) is 29.4 Å². The van der Waals surface area contributed by atoms with Gasteiger partial charge in [-0.3, -0.25) is 0 Å². The zero-order valence-corrected chi connectivity index (χ0v) is 9.55. The smallest absolute Gasteiger partial charge is 0.189 e. The maximum atomic E-state index is 5.99. The molecule has 3 nitrogen and oxygen atoms in total. The van der Waals surface area contributed by atoms with Gasteiger partial charge >= 0.3 is 0 Å². The molecule has 0 aliphatic carbocycles. The van der Waals surface area contributed by atoms with Crippen molar-refractivity contribution in [3.63, 3.8) is 0 Å². The molecule has 1 heterocycles. The summed E-state index contributed by atoms with van der Waals surface area (Å²) < 4.78 is 0. The highest BCUT2D eigenvalue weighted by Crippen LogP contribution is 2.12. The first-order valence-electron chi connectivity index (χ1n) is 4.61. The topological polar surface area (TPSA) is 27.6 Å². The Labute approximate surface area is 98.7 Å². The molecule has 0 atom stereocenters. The lowest BCUT2D eigenvalue weighted by molar-refractivity contribution is 0.505. The summed E-state index contributed by atoms with van der Waals surface area (Å²) in [7, 11) is 0. The Balaban J connectivity index is 2.11. The molecule has 0 aromatic heterocycles. The lowest BCUT2D eigenvalue weighted by Crippen LogP contribution is -2.22. The average molecular weight is 240 g/mol. The van der Waals surface area contributed by atoms with Crippen LogP contribution in [0.5, 0.6) is 0 Å². The third kappa shape index (κ3) is 2.46. The number of hydrogen-bond donors (Lipinski definition) is 1. The largest absolute Gasteiger partial charge is 0.359 e. The zero-order chi connectivity index (χ0) is 10.7. The molecule has 5 heteroatoms. The highest BCUT2D eigenvalue weighted by atomic mass is 35.5. The summed E-state index contributed by atoms with van der Waals surface area (Å²) in [5.74, 6) is 0. The van der Waals surface area contributed by atoms with Crippen molar-refractivity contribution < 1.29 is 0 Å². The van der Waals surface area contributed by atoms with Gasteiger partial charge in [0.1, 0.15) is 0 Å². The van der Waals surface area contributed by atoms with Crippen molar-refractivity contribution in [3.8, 4) is 0 Å². The summed E-state index contributed by atoms with van der Waals surface area (Å²) in [6, 6.07) is 7.57. The second-order valence-electron chi connectivity index (χ2n) is 3.12. The third-order valence-electron chi connectivity index (χ3n) is 2.08. The summed E-state index contributed by atoms with van der Waals surface area (Å²) in [4.78, 5) is 0. The van der Waals surface area contributed by atoms with Gasteiger partial charge in [0.2, 0.25) is 0 Å². The van der Waals surface area contributed by atoms with Gasteiger partial charge in [-0.25, -0.2) is 5.01 Å². The number of halogens is 1. The number of hydrogen-bond acceptors (Lipinski definition) is 2. The summed E-state index contributed by atoms with van der Waals surface area (Å²) in [6.45, 7) is 1.65. The van der Waals surface area contributed by atoms with Crippen molar-refractivity contribution in [3.05, 3.63) is 34.9 Å². The molecule has 1 aliphatic heterocycles. The van der Waals surface area contributed by atoms with Crippen molar-refractivity contribution in [2.45, 2.75) is 0 Å². The van der Waals surface area contributed by atoms with Crippen LogP contribution in [-0.2, 0) is 0 Å². The molecule has 0 bridgehead atoms. The molecule has 0 saturated carbocycles. The Morgan fingerprint density at radius 2 is 2.27 bits per heavy atom. The van der Waals surface area contributed by atoms with E-state index in [2.05, 4.69) is 10.4 Å². The Kier molecular flexibility index (Phi) is 3.18. The summed E-state index contributed by atoms with van der Waals surface area (Å²) in [6.07, 6.45) is 1.72. The van der Waals surface area contributed by atoms with Crippen LogP contribution in [0, 0.1) is 0 Å². The maximum absolute atomic E-state index is 5.99. The molecule has 0 amide bonds. The monoisotopic (exact) mass is 239 g/mol. The van der Waals surface area contributed by atoms with Crippen LogP contribution in [0.4, 0.5) is 0 Å². The molecule has 0 radical (unpaired) electrons. The first-order valence-corrected chi connectivity index (χ1v) is 5.40. The van der Waals surface area contributed by atoms with Crippen molar-refractivity contribution in [2.24, 2.45) is 5.10 Å². The molecule has 2 rings (SSSR count). The predicted octanol–water partition coefficient (Wildman–Crippen LogP) is 1.86. The molecular formula is C10H10ClN3S. The van der Waals surface area contributed by atoms with Gasteiger partial charge in [0.25, 0.3) is 0 Å². The molecule has 1 aliphatic rings. The Hall–Kier alpha value is -1.13. The minimum Gasteiger partial charge on any atom is -0.359 e. The first-order chi connectivity index (χ1) is 7.27. The van der Waals surface area contributed by atoms with E-state index in [0.29, 0.717) is 10.1 Å². The zero-order valence-electron chi connectivity index (χ0n) is 7.98. The molecule has 15 heavy (non-hydrogen) atoms. The molecule has 1 fully saturated rings. The second kappa shape index (κ2) is 4.59. The minimum absolute atomic E-state index is 0.665. The van der Waals surface area contributed by atoms with Gasteiger partial charge in [0, 0.05) is 17.1 Å². The second-order valence-corrected chi connectivity index (χ2v) is 3.92. The number of hydrazone groups is 1. The molecule has 0 spiro atoms. The van der Waals surface area contributed by atoms with Gasteiger partial charge in [-0.2, -0.15) is 5.10 Å². The van der Waals surface area contributed by atoms with Crippen molar-refractivity contribution in [1.82, 2.24) is 10.3 Å². The standard InChI is InChI=1S/C10H10ClN3S/c11-9-4-2-1-3-8(9)7-13-14-6-5-12-10(14)15/h1-4,7H,5-6H2,(H,12,15)/b13-7+. The average Bonchev–Trinajstić information content (AvgIpc) is 2.63. The van der Waals surface area contributed by atoms with Crippen molar-refractivity contribution in [2.75, 3.05) is 13.1 Å². The van der Waals surface area contributed by atoms with E-state index in [1.807, 2.05) is 24.3 Å². The minimum atomic E-state index is 0.665. The van der Waals surface area contributed by atoms with Gasteiger partial charge in [-0.05, 0) is 18.3 Å². The first kappa shape index (κ1) is 10.4. The van der Waals surface area contributed by atoms with Crippen LogP contribution >= 0.6 is 23.8 Å². The van der Waals surface area contributed by atoms with Gasteiger partial charge in [0.15, 0.2) is 5.11 Å². The lowest BCUT2D eigenvalue weighted by Gasteiger charge is -2.08. The molecule has 1 saturated heterocycles. The Bertz CT molecular complexity index is 405. The van der Waals surface area contributed by atoms with E-state index in [1.165, 1.54) is 0 Å². The normalized spacial score (nSPS) is 16.1. The van der Waals surface area contributed by atoms with Crippen LogP contribution in [0.2, 0.25) is 5.02 Å². The van der Waals surface area contributed by atoms with Gasteiger partial charge in [0.05, 0.1) is 12.8 Å². The van der Waals surface area contributed by atoms with Crippen LogP contribution in [0.25, 0.3) is 0 Å². The van der Waals surface area contributed by atoms with E-state index >= 15 is 0 Å². The fourth-order valence-corrected chi connectivity index (χ4v) is 1.71. The van der Waals surface area contributed by atoms with Crippen molar-refractivity contribution >= 4 is 35.1 Å². The summed E-state index contributed by atoms with van der Waals surface area (Å²) >= 11 is 11.0. The number of benzene rings is 1. The highest BCUT2D eigenvalue weighted by molar-refractivity contribution is 7.80. The van der Waals surface area contributed by atoms with E-state index in [0.717, 1.165) is 18.7 Å². The number of rotatable bonds is 2. The molecule has 0 unspecified atom stereocenters. The fourth-order valence-electron chi connectivity index (χ4n) is 1.28. The van der Waals surface area contributed by atoms with Crippen LogP contribution in [0.15, 0.2) is 29.4 Å². The number of thiocarbonyl (C=S) groups is 1. The quantitative estimate of drug-likeness (QED) is 0.631. The number of nitrogens with one attached hydrogen (secondary N) is 1. The Morgan fingerprint density at radius 3 is 2.93 bits per heavy atom.